The van der Waals surface area contributed by atoms with E-state index < -0.39 is 0 Å². The predicted octanol–water partition coefficient (Wildman–Crippen LogP) is 4.18. The first-order chi connectivity index (χ1) is 9.74. The van der Waals surface area contributed by atoms with Crippen LogP contribution in [0, 0.1) is 5.82 Å². The number of nitrogens with zero attached hydrogens (tertiary/aromatic N) is 1. The number of benzene rings is 2. The summed E-state index contributed by atoms with van der Waals surface area (Å²) >= 11 is 0. The summed E-state index contributed by atoms with van der Waals surface area (Å²) in [4.78, 5) is 4.22. The summed E-state index contributed by atoms with van der Waals surface area (Å²) in [5.41, 5.74) is 3.20. The third-order valence-electron chi connectivity index (χ3n) is 2.98. The van der Waals surface area contributed by atoms with E-state index >= 15 is 0 Å². The average molecular weight is 268 g/mol. The lowest BCUT2D eigenvalue weighted by Crippen LogP contribution is -1.86. The molecule has 1 heterocycles. The van der Waals surface area contributed by atoms with Crippen molar-refractivity contribution < 1.29 is 8.81 Å². The van der Waals surface area contributed by atoms with Gasteiger partial charge in [-0.25, -0.2) is 9.37 Å². The smallest absolute Gasteiger partial charge is 0.220 e. The van der Waals surface area contributed by atoms with Crippen molar-refractivity contribution >= 4 is 28.9 Å². The van der Waals surface area contributed by atoms with Crippen molar-refractivity contribution in [3.63, 3.8) is 0 Å². The summed E-state index contributed by atoms with van der Waals surface area (Å²) in [6, 6.07) is 12.3. The van der Waals surface area contributed by atoms with Gasteiger partial charge in [0.2, 0.25) is 5.89 Å². The Morgan fingerprint density at radius 2 is 1.90 bits per heavy atom. The zero-order valence-electron chi connectivity index (χ0n) is 10.9. The van der Waals surface area contributed by atoms with Gasteiger partial charge in [-0.1, -0.05) is 12.1 Å². The second kappa shape index (κ2) is 5.17. The van der Waals surface area contributed by atoms with Crippen LogP contribution in [0.1, 0.15) is 11.5 Å². The fourth-order valence-electron chi connectivity index (χ4n) is 1.92. The van der Waals surface area contributed by atoms with E-state index in [1.54, 1.807) is 12.1 Å². The Hall–Kier alpha value is -2.62. The predicted molar refractivity (Wildman–Crippen MR) is 78.9 cm³/mol. The van der Waals surface area contributed by atoms with Crippen LogP contribution in [-0.2, 0) is 0 Å². The fourth-order valence-corrected chi connectivity index (χ4v) is 1.92. The summed E-state index contributed by atoms with van der Waals surface area (Å²) in [5.74, 6) is 0.146. The van der Waals surface area contributed by atoms with Crippen molar-refractivity contribution in [1.29, 1.82) is 0 Å². The number of oxazole rings is 1. The number of aromatic nitrogens is 1. The number of nitrogens with one attached hydrogen (secondary N) is 1. The van der Waals surface area contributed by atoms with Crippen molar-refractivity contribution in [1.82, 2.24) is 4.98 Å². The van der Waals surface area contributed by atoms with Gasteiger partial charge in [-0.15, -0.1) is 0 Å². The molecule has 1 aromatic heterocycles. The largest absolute Gasteiger partial charge is 0.437 e. The minimum absolute atomic E-state index is 0.316. The van der Waals surface area contributed by atoms with Gasteiger partial charge in [-0.3, -0.25) is 0 Å². The lowest BCUT2D eigenvalue weighted by molar-refractivity contribution is 0.588. The van der Waals surface area contributed by atoms with Crippen molar-refractivity contribution in [3.05, 3.63) is 59.7 Å². The number of halogens is 1. The molecule has 2 aromatic carbocycles. The molecule has 0 saturated heterocycles. The van der Waals surface area contributed by atoms with Crippen molar-refractivity contribution in [2.24, 2.45) is 0 Å². The summed E-state index contributed by atoms with van der Waals surface area (Å²) < 4.78 is 18.6. The van der Waals surface area contributed by atoms with Crippen LogP contribution < -0.4 is 5.32 Å². The molecule has 1 N–H and O–H groups in total. The Morgan fingerprint density at radius 1 is 1.10 bits per heavy atom. The monoisotopic (exact) mass is 268 g/mol. The molecule has 0 saturated carbocycles. The first-order valence-electron chi connectivity index (χ1n) is 6.26. The van der Waals surface area contributed by atoms with E-state index in [1.165, 1.54) is 12.1 Å². The molecule has 3 nitrogen and oxygen atoms in total. The van der Waals surface area contributed by atoms with E-state index in [2.05, 4.69) is 10.3 Å². The molecule has 0 fully saturated rings. The van der Waals surface area contributed by atoms with Crippen molar-refractivity contribution in [2.75, 3.05) is 12.4 Å². The van der Waals surface area contributed by atoms with Crippen LogP contribution in [0.5, 0.6) is 0 Å². The summed E-state index contributed by atoms with van der Waals surface area (Å²) in [6.45, 7) is 0. The van der Waals surface area contributed by atoms with Gasteiger partial charge < -0.3 is 9.73 Å². The first-order valence-corrected chi connectivity index (χ1v) is 6.26. The van der Waals surface area contributed by atoms with Gasteiger partial charge in [0.25, 0.3) is 0 Å². The normalized spacial score (nSPS) is 11.3. The van der Waals surface area contributed by atoms with Crippen LogP contribution in [-0.4, -0.2) is 12.0 Å². The lowest BCUT2D eigenvalue weighted by atomic mass is 10.2. The number of anilines is 1. The van der Waals surface area contributed by atoms with Crippen molar-refractivity contribution in [3.8, 4) is 0 Å². The Labute approximate surface area is 115 Å². The third kappa shape index (κ3) is 2.54. The van der Waals surface area contributed by atoms with Gasteiger partial charge in [0.1, 0.15) is 11.3 Å². The number of rotatable bonds is 3. The quantitative estimate of drug-likeness (QED) is 0.774. The average Bonchev–Trinajstić information content (AvgIpc) is 2.87. The van der Waals surface area contributed by atoms with E-state index in [9.17, 15) is 4.39 Å². The van der Waals surface area contributed by atoms with Gasteiger partial charge in [-0.05, 0) is 35.9 Å². The molecule has 4 heteroatoms. The molecule has 0 bridgehead atoms. The zero-order chi connectivity index (χ0) is 13.9. The maximum Gasteiger partial charge on any atom is 0.220 e. The van der Waals surface area contributed by atoms with Crippen LogP contribution in [0.2, 0.25) is 0 Å². The SMILES string of the molecule is CNc1ccc(/C=C/c2nc3cc(F)ccc3o2)cc1. The highest BCUT2D eigenvalue weighted by atomic mass is 19.1. The summed E-state index contributed by atoms with van der Waals surface area (Å²) in [6.07, 6.45) is 3.67. The molecule has 3 aromatic rings. The molecule has 0 aliphatic carbocycles. The molecule has 100 valence electrons. The topological polar surface area (TPSA) is 38.1 Å². The Morgan fingerprint density at radius 3 is 2.65 bits per heavy atom. The van der Waals surface area contributed by atoms with E-state index in [0.717, 1.165) is 11.3 Å². The molecule has 0 spiro atoms. The molecule has 0 atom stereocenters. The highest BCUT2D eigenvalue weighted by Crippen LogP contribution is 2.18. The van der Waals surface area contributed by atoms with Crippen LogP contribution in [0.4, 0.5) is 10.1 Å². The van der Waals surface area contributed by atoms with Crippen LogP contribution in [0.25, 0.3) is 23.3 Å². The second-order valence-corrected chi connectivity index (χ2v) is 4.37. The Bertz CT molecular complexity index is 760. The minimum atomic E-state index is -0.316. The van der Waals surface area contributed by atoms with E-state index in [4.69, 9.17) is 4.42 Å². The molecule has 0 amide bonds. The first kappa shape index (κ1) is 12.4. The molecule has 0 aliphatic rings. The van der Waals surface area contributed by atoms with Crippen LogP contribution in [0.15, 0.2) is 46.9 Å². The van der Waals surface area contributed by atoms with E-state index in [1.807, 2.05) is 37.4 Å². The number of hydrogen-bond acceptors (Lipinski definition) is 3. The summed E-state index contributed by atoms with van der Waals surface area (Å²) in [7, 11) is 1.88. The Balaban J connectivity index is 1.85. The van der Waals surface area contributed by atoms with E-state index in [0.29, 0.717) is 17.0 Å². The van der Waals surface area contributed by atoms with Crippen LogP contribution >= 0.6 is 0 Å². The lowest BCUT2D eigenvalue weighted by Gasteiger charge is -1.98. The van der Waals surface area contributed by atoms with Gasteiger partial charge in [-0.2, -0.15) is 0 Å². The molecule has 20 heavy (non-hydrogen) atoms. The highest BCUT2D eigenvalue weighted by Gasteiger charge is 2.03. The standard InChI is InChI=1S/C16H13FN2O/c1-18-13-6-2-11(3-7-13)4-9-16-19-14-10-12(17)5-8-15(14)20-16/h2-10,18H,1H3/b9-4+. The molecule has 0 radical (unpaired) electrons. The maximum atomic E-state index is 13.1. The Kier molecular flexibility index (Phi) is 3.21. The molecular weight excluding hydrogens is 255 g/mol. The van der Waals surface area contributed by atoms with Gasteiger partial charge in [0, 0.05) is 24.9 Å². The van der Waals surface area contributed by atoms with Gasteiger partial charge in [0.15, 0.2) is 5.58 Å². The minimum Gasteiger partial charge on any atom is -0.437 e. The maximum absolute atomic E-state index is 13.1. The van der Waals surface area contributed by atoms with Gasteiger partial charge >= 0.3 is 0 Å². The molecule has 0 unspecified atom stereocenters. The number of hydrogen-bond donors (Lipinski definition) is 1. The fraction of sp³-hybridized carbons (Fsp3) is 0.0625. The summed E-state index contributed by atoms with van der Waals surface area (Å²) in [5, 5.41) is 3.06. The third-order valence-corrected chi connectivity index (χ3v) is 2.98. The van der Waals surface area contributed by atoms with E-state index in [-0.39, 0.29) is 5.82 Å². The highest BCUT2D eigenvalue weighted by molar-refractivity contribution is 5.76. The van der Waals surface area contributed by atoms with Crippen LogP contribution in [0.3, 0.4) is 0 Å². The molecule has 0 aliphatic heterocycles. The van der Waals surface area contributed by atoms with Gasteiger partial charge in [0.05, 0.1) is 0 Å². The van der Waals surface area contributed by atoms with Crippen molar-refractivity contribution in [2.45, 2.75) is 0 Å². The number of fused-ring (bicyclic) bond motifs is 1. The molecule has 3 rings (SSSR count). The molecular formula is C16H13FN2O. The zero-order valence-corrected chi connectivity index (χ0v) is 10.9. The second-order valence-electron chi connectivity index (χ2n) is 4.37.